The Morgan fingerprint density at radius 1 is 1.47 bits per heavy atom. The zero-order chi connectivity index (χ0) is 13.2. The van der Waals surface area contributed by atoms with Gasteiger partial charge in [-0.1, -0.05) is 18.5 Å². The molecule has 1 unspecified atom stereocenters. The van der Waals surface area contributed by atoms with E-state index in [2.05, 4.69) is 0 Å². The van der Waals surface area contributed by atoms with Gasteiger partial charge in [0.25, 0.3) is 0 Å². The molecule has 0 saturated heterocycles. The summed E-state index contributed by atoms with van der Waals surface area (Å²) in [5, 5.41) is 0.283. The molecule has 0 spiro atoms. The average Bonchev–Trinajstić information content (AvgIpc) is 2.25. The first kappa shape index (κ1) is 14.3. The Hall–Kier alpha value is -0.780. The highest BCUT2D eigenvalue weighted by Gasteiger charge is 2.20. The van der Waals surface area contributed by atoms with Crippen LogP contribution in [0.4, 0.5) is 0 Å². The van der Waals surface area contributed by atoms with Crippen LogP contribution in [0.15, 0.2) is 17.0 Å². The first-order chi connectivity index (χ1) is 7.81. The first-order valence-electron chi connectivity index (χ1n) is 5.08. The van der Waals surface area contributed by atoms with Gasteiger partial charge in [-0.05, 0) is 30.2 Å². The van der Waals surface area contributed by atoms with Crippen molar-refractivity contribution in [3.8, 4) is 5.75 Å². The number of ether oxygens (including phenoxy) is 1. The monoisotopic (exact) mass is 277 g/mol. The Kier molecular flexibility index (Phi) is 4.41. The summed E-state index contributed by atoms with van der Waals surface area (Å²) in [6.45, 7) is 2.33. The lowest BCUT2D eigenvalue weighted by molar-refractivity contribution is 0.402. The molecule has 0 radical (unpaired) electrons. The van der Waals surface area contributed by atoms with Crippen LogP contribution in [0.2, 0.25) is 5.02 Å². The minimum absolute atomic E-state index is 0.0407. The summed E-state index contributed by atoms with van der Waals surface area (Å²) in [6, 6.07) is 3.25. The van der Waals surface area contributed by atoms with E-state index < -0.39 is 9.84 Å². The van der Waals surface area contributed by atoms with E-state index in [0.717, 1.165) is 11.8 Å². The zero-order valence-corrected chi connectivity index (χ0v) is 11.6. The molecule has 0 aromatic heterocycles. The van der Waals surface area contributed by atoms with Crippen molar-refractivity contribution in [3.63, 3.8) is 0 Å². The zero-order valence-electron chi connectivity index (χ0n) is 10.0. The van der Waals surface area contributed by atoms with Crippen LogP contribution in [0.1, 0.15) is 18.4 Å². The molecule has 0 aliphatic heterocycles. The molecule has 0 amide bonds. The summed E-state index contributed by atoms with van der Waals surface area (Å²) >= 11 is 6.01. The third-order valence-electron chi connectivity index (χ3n) is 2.56. The van der Waals surface area contributed by atoms with Crippen molar-refractivity contribution in [2.75, 3.05) is 19.9 Å². The summed E-state index contributed by atoms with van der Waals surface area (Å²) in [4.78, 5) is 0.0998. The molecule has 0 heterocycles. The van der Waals surface area contributed by atoms with Crippen LogP contribution in [-0.4, -0.2) is 28.3 Å². The van der Waals surface area contributed by atoms with Gasteiger partial charge in [0.2, 0.25) is 0 Å². The van der Waals surface area contributed by atoms with Crippen LogP contribution in [0.5, 0.6) is 5.75 Å². The second kappa shape index (κ2) is 5.25. The Morgan fingerprint density at radius 3 is 2.47 bits per heavy atom. The molecular formula is C11H16ClNO3S. The van der Waals surface area contributed by atoms with Crippen molar-refractivity contribution >= 4 is 21.4 Å². The maximum Gasteiger partial charge on any atom is 0.179 e. The molecule has 1 rings (SSSR count). The van der Waals surface area contributed by atoms with Crippen molar-refractivity contribution in [1.29, 1.82) is 0 Å². The Labute approximate surface area is 107 Å². The lowest BCUT2D eigenvalue weighted by atomic mass is 10.0. The van der Waals surface area contributed by atoms with Crippen molar-refractivity contribution in [2.45, 2.75) is 17.7 Å². The van der Waals surface area contributed by atoms with Gasteiger partial charge in [0, 0.05) is 6.26 Å². The molecule has 0 bridgehead atoms. The topological polar surface area (TPSA) is 69.4 Å². The fraction of sp³-hybridized carbons (Fsp3) is 0.455. The smallest absolute Gasteiger partial charge is 0.179 e. The van der Waals surface area contributed by atoms with Gasteiger partial charge in [0.05, 0.1) is 12.1 Å². The number of halogens is 1. The van der Waals surface area contributed by atoms with Gasteiger partial charge in [0.1, 0.15) is 4.90 Å². The third kappa shape index (κ3) is 3.12. The highest BCUT2D eigenvalue weighted by atomic mass is 35.5. The molecule has 0 aliphatic carbocycles. The molecule has 2 N–H and O–H groups in total. The minimum Gasteiger partial charge on any atom is -0.494 e. The van der Waals surface area contributed by atoms with Crippen LogP contribution in [-0.2, 0) is 9.84 Å². The largest absolute Gasteiger partial charge is 0.494 e. The molecule has 1 aromatic carbocycles. The lowest BCUT2D eigenvalue weighted by Crippen LogP contribution is -2.10. The van der Waals surface area contributed by atoms with E-state index in [1.54, 1.807) is 12.1 Å². The predicted octanol–water partition coefficient (Wildman–Crippen LogP) is 1.81. The summed E-state index contributed by atoms with van der Waals surface area (Å²) in [5.41, 5.74) is 6.35. The molecule has 1 atom stereocenters. The van der Waals surface area contributed by atoms with E-state index in [1.807, 2.05) is 6.92 Å². The van der Waals surface area contributed by atoms with Crippen molar-refractivity contribution in [2.24, 2.45) is 5.73 Å². The van der Waals surface area contributed by atoms with Crippen LogP contribution in [0.3, 0.4) is 0 Å². The number of methoxy groups -OCH3 is 1. The van der Waals surface area contributed by atoms with E-state index in [0.29, 0.717) is 6.54 Å². The number of hydrogen-bond donors (Lipinski definition) is 1. The summed E-state index contributed by atoms with van der Waals surface area (Å²) in [7, 11) is -1.99. The highest BCUT2D eigenvalue weighted by Crippen LogP contribution is 2.35. The molecular weight excluding hydrogens is 262 g/mol. The Bertz CT molecular complexity index is 514. The van der Waals surface area contributed by atoms with E-state index in [4.69, 9.17) is 22.1 Å². The van der Waals surface area contributed by atoms with Crippen LogP contribution in [0, 0.1) is 0 Å². The predicted molar refractivity (Wildman–Crippen MR) is 68.6 cm³/mol. The summed E-state index contributed by atoms with van der Waals surface area (Å²) < 4.78 is 28.3. The number of benzene rings is 1. The summed E-state index contributed by atoms with van der Waals surface area (Å²) in [6.07, 6.45) is 1.12. The minimum atomic E-state index is -3.38. The molecule has 0 saturated carbocycles. The van der Waals surface area contributed by atoms with Crippen LogP contribution >= 0.6 is 11.6 Å². The van der Waals surface area contributed by atoms with Gasteiger partial charge >= 0.3 is 0 Å². The van der Waals surface area contributed by atoms with E-state index >= 15 is 0 Å². The molecule has 96 valence electrons. The van der Waals surface area contributed by atoms with Gasteiger partial charge in [-0.25, -0.2) is 8.42 Å². The van der Waals surface area contributed by atoms with Crippen molar-refractivity contribution < 1.29 is 13.2 Å². The normalized spacial score (nSPS) is 13.5. The number of hydrogen-bond acceptors (Lipinski definition) is 4. The quantitative estimate of drug-likeness (QED) is 0.911. The van der Waals surface area contributed by atoms with E-state index in [-0.39, 0.29) is 21.6 Å². The molecule has 0 fully saturated rings. The van der Waals surface area contributed by atoms with Gasteiger partial charge in [0.15, 0.2) is 15.6 Å². The van der Waals surface area contributed by atoms with E-state index in [1.165, 1.54) is 7.11 Å². The number of sulfone groups is 1. The van der Waals surface area contributed by atoms with Gasteiger partial charge in [-0.15, -0.1) is 0 Å². The maximum absolute atomic E-state index is 11.7. The Morgan fingerprint density at radius 2 is 2.06 bits per heavy atom. The Balaban J connectivity index is 3.50. The van der Waals surface area contributed by atoms with Gasteiger partial charge in [-0.3, -0.25) is 0 Å². The molecule has 6 heteroatoms. The van der Waals surface area contributed by atoms with Gasteiger partial charge < -0.3 is 10.5 Å². The molecule has 1 aromatic rings. The second-order valence-electron chi connectivity index (χ2n) is 3.94. The first-order valence-corrected chi connectivity index (χ1v) is 7.35. The number of rotatable bonds is 4. The lowest BCUT2D eigenvalue weighted by Gasteiger charge is -2.14. The standard InChI is InChI=1S/C11H16ClNO3S/c1-7(6-13)8-4-9(12)11(16-2)10(5-8)17(3,14)15/h4-5,7H,6,13H2,1-3H3. The molecule has 17 heavy (non-hydrogen) atoms. The third-order valence-corrected chi connectivity index (χ3v) is 3.94. The van der Waals surface area contributed by atoms with Crippen molar-refractivity contribution in [3.05, 3.63) is 22.7 Å². The van der Waals surface area contributed by atoms with E-state index in [9.17, 15) is 8.42 Å². The molecule has 0 aliphatic rings. The van der Waals surface area contributed by atoms with Crippen molar-refractivity contribution in [1.82, 2.24) is 0 Å². The fourth-order valence-corrected chi connectivity index (χ4v) is 2.72. The van der Waals surface area contributed by atoms with Crippen LogP contribution < -0.4 is 10.5 Å². The van der Waals surface area contributed by atoms with Gasteiger partial charge in [-0.2, -0.15) is 0 Å². The SMILES string of the molecule is COc1c(Cl)cc(C(C)CN)cc1S(C)(=O)=O. The fourth-order valence-electron chi connectivity index (χ4n) is 1.48. The summed E-state index contributed by atoms with van der Waals surface area (Å²) in [5.74, 6) is 0.223. The second-order valence-corrected chi connectivity index (χ2v) is 6.33. The van der Waals surface area contributed by atoms with Crippen LogP contribution in [0.25, 0.3) is 0 Å². The average molecular weight is 278 g/mol. The number of nitrogens with two attached hydrogens (primary N) is 1. The maximum atomic E-state index is 11.7. The molecule has 4 nitrogen and oxygen atoms in total. The highest BCUT2D eigenvalue weighted by molar-refractivity contribution is 7.90.